The van der Waals surface area contributed by atoms with E-state index in [1.165, 1.54) is 24.3 Å². The molecule has 0 aliphatic carbocycles. The molecule has 4 rings (SSSR count). The fraction of sp³-hybridized carbons (Fsp3) is 0.353. The van der Waals surface area contributed by atoms with Gasteiger partial charge in [0.2, 0.25) is 0 Å². The number of aromatic nitrogens is 4. The normalized spacial score (nSPS) is 16.2. The Morgan fingerprint density at radius 1 is 1.14 bits per heavy atom. The molecule has 1 saturated heterocycles. The number of hydrogen-bond donors (Lipinski definition) is 0. The highest BCUT2D eigenvalue weighted by molar-refractivity contribution is 7.99. The Morgan fingerprint density at radius 2 is 2.00 bits per heavy atom. The predicted octanol–water partition coefficient (Wildman–Crippen LogP) is 3.64. The second-order valence-corrected chi connectivity index (χ2v) is 6.91. The van der Waals surface area contributed by atoms with Crippen molar-refractivity contribution in [2.75, 3.05) is 11.5 Å². The monoisotopic (exact) mass is 310 g/mol. The van der Waals surface area contributed by atoms with Gasteiger partial charge < -0.3 is 4.57 Å². The van der Waals surface area contributed by atoms with E-state index in [9.17, 15) is 0 Å². The number of imidazole rings is 1. The average Bonchev–Trinajstić information content (AvgIpc) is 2.95. The Morgan fingerprint density at radius 3 is 2.82 bits per heavy atom. The number of rotatable bonds is 3. The molecule has 5 heteroatoms. The fourth-order valence-corrected chi connectivity index (χ4v) is 4.24. The Hall–Kier alpha value is -1.88. The summed E-state index contributed by atoms with van der Waals surface area (Å²) < 4.78 is 2.28. The lowest BCUT2D eigenvalue weighted by Crippen LogP contribution is -2.17. The van der Waals surface area contributed by atoms with Gasteiger partial charge in [-0.25, -0.2) is 9.97 Å². The molecule has 0 radical (unpaired) electrons. The van der Waals surface area contributed by atoms with Crippen molar-refractivity contribution < 1.29 is 0 Å². The van der Waals surface area contributed by atoms with Gasteiger partial charge in [-0.3, -0.25) is 4.98 Å². The highest BCUT2D eigenvalue weighted by Crippen LogP contribution is 2.29. The topological polar surface area (TPSA) is 43.6 Å². The van der Waals surface area contributed by atoms with Gasteiger partial charge in [0.15, 0.2) is 5.65 Å². The molecule has 1 fully saturated rings. The van der Waals surface area contributed by atoms with E-state index in [0.717, 1.165) is 35.0 Å². The van der Waals surface area contributed by atoms with Crippen LogP contribution in [0.15, 0.2) is 42.9 Å². The largest absolute Gasteiger partial charge is 0.308 e. The molecule has 3 aromatic heterocycles. The van der Waals surface area contributed by atoms with Gasteiger partial charge in [-0.15, -0.1) is 0 Å². The van der Waals surface area contributed by atoms with E-state index in [-0.39, 0.29) is 0 Å². The van der Waals surface area contributed by atoms with Crippen LogP contribution in [0.2, 0.25) is 0 Å². The van der Waals surface area contributed by atoms with Crippen molar-refractivity contribution in [1.29, 1.82) is 0 Å². The lowest BCUT2D eigenvalue weighted by atomic mass is 10.0. The maximum atomic E-state index is 4.80. The first-order chi connectivity index (χ1) is 10.9. The molecule has 0 saturated carbocycles. The van der Waals surface area contributed by atoms with Crippen LogP contribution in [0.3, 0.4) is 0 Å². The highest BCUT2D eigenvalue weighted by Gasteiger charge is 2.19. The summed E-state index contributed by atoms with van der Waals surface area (Å²) in [5.74, 6) is 4.25. The quantitative estimate of drug-likeness (QED) is 0.741. The minimum Gasteiger partial charge on any atom is -0.308 e. The van der Waals surface area contributed by atoms with Gasteiger partial charge in [-0.05, 0) is 54.5 Å². The van der Waals surface area contributed by atoms with Gasteiger partial charge in [-0.2, -0.15) is 11.8 Å². The fourth-order valence-electron chi connectivity index (χ4n) is 3.03. The summed E-state index contributed by atoms with van der Waals surface area (Å²) in [5, 5.41) is 0. The van der Waals surface area contributed by atoms with Crippen LogP contribution >= 0.6 is 11.8 Å². The Balaban J connectivity index is 1.79. The molecule has 0 amide bonds. The molecule has 112 valence electrons. The van der Waals surface area contributed by atoms with Gasteiger partial charge in [0.25, 0.3) is 0 Å². The zero-order valence-electron chi connectivity index (χ0n) is 12.4. The van der Waals surface area contributed by atoms with Crippen molar-refractivity contribution in [2.24, 2.45) is 5.92 Å². The second kappa shape index (κ2) is 6.08. The average molecular weight is 310 g/mol. The highest BCUT2D eigenvalue weighted by atomic mass is 32.2. The molecule has 4 heterocycles. The van der Waals surface area contributed by atoms with Gasteiger partial charge in [-0.1, -0.05) is 0 Å². The van der Waals surface area contributed by atoms with Crippen LogP contribution < -0.4 is 0 Å². The van der Waals surface area contributed by atoms with E-state index in [2.05, 4.69) is 32.4 Å². The van der Waals surface area contributed by atoms with Crippen molar-refractivity contribution in [2.45, 2.75) is 19.4 Å². The van der Waals surface area contributed by atoms with Crippen molar-refractivity contribution in [3.8, 4) is 11.4 Å². The maximum Gasteiger partial charge on any atom is 0.160 e. The number of thioether (sulfide) groups is 1. The summed E-state index contributed by atoms with van der Waals surface area (Å²) in [6.07, 6.45) is 8.10. The maximum absolute atomic E-state index is 4.80. The number of hydrogen-bond acceptors (Lipinski definition) is 4. The van der Waals surface area contributed by atoms with Gasteiger partial charge in [0.1, 0.15) is 11.3 Å². The zero-order chi connectivity index (χ0) is 14.8. The van der Waals surface area contributed by atoms with E-state index in [1.54, 1.807) is 6.20 Å². The van der Waals surface area contributed by atoms with Crippen molar-refractivity contribution >= 4 is 22.9 Å². The number of pyridine rings is 2. The van der Waals surface area contributed by atoms with Crippen molar-refractivity contribution in [1.82, 2.24) is 19.5 Å². The SMILES string of the molecule is c1cncc(-c2nc3cccnc3n2CC2CCSCC2)c1. The smallest absolute Gasteiger partial charge is 0.160 e. The number of nitrogens with zero attached hydrogens (tertiary/aromatic N) is 4. The van der Waals surface area contributed by atoms with Crippen LogP contribution in [0.25, 0.3) is 22.6 Å². The van der Waals surface area contributed by atoms with Crippen LogP contribution in [-0.4, -0.2) is 31.0 Å². The molecule has 0 unspecified atom stereocenters. The second-order valence-electron chi connectivity index (χ2n) is 5.69. The summed E-state index contributed by atoms with van der Waals surface area (Å²) in [7, 11) is 0. The minimum absolute atomic E-state index is 0.719. The van der Waals surface area contributed by atoms with E-state index in [1.807, 2.05) is 30.6 Å². The molecule has 0 aromatic carbocycles. The van der Waals surface area contributed by atoms with E-state index < -0.39 is 0 Å². The first kappa shape index (κ1) is 13.8. The molecule has 0 atom stereocenters. The minimum atomic E-state index is 0.719. The lowest BCUT2D eigenvalue weighted by molar-refractivity contribution is 0.423. The van der Waals surface area contributed by atoms with Gasteiger partial charge in [0.05, 0.1) is 0 Å². The molecule has 22 heavy (non-hydrogen) atoms. The van der Waals surface area contributed by atoms with Crippen molar-refractivity contribution in [3.63, 3.8) is 0 Å². The van der Waals surface area contributed by atoms with E-state index in [4.69, 9.17) is 4.98 Å². The van der Waals surface area contributed by atoms with Crippen LogP contribution in [0.5, 0.6) is 0 Å². The van der Waals surface area contributed by atoms with Crippen LogP contribution in [0.4, 0.5) is 0 Å². The van der Waals surface area contributed by atoms with Crippen LogP contribution in [0.1, 0.15) is 12.8 Å². The van der Waals surface area contributed by atoms with Gasteiger partial charge in [0, 0.05) is 30.7 Å². The molecular weight excluding hydrogens is 292 g/mol. The Bertz CT molecular complexity index is 763. The summed E-state index contributed by atoms with van der Waals surface area (Å²) in [6, 6.07) is 8.02. The number of fused-ring (bicyclic) bond motifs is 1. The van der Waals surface area contributed by atoms with Crippen LogP contribution in [-0.2, 0) is 6.54 Å². The Kier molecular flexibility index (Phi) is 3.81. The molecule has 0 N–H and O–H groups in total. The van der Waals surface area contributed by atoms with Crippen molar-refractivity contribution in [3.05, 3.63) is 42.9 Å². The standard InChI is InChI=1S/C17H18N4S/c1-3-14(11-18-7-1)16-20-15-4-2-8-19-17(15)21(16)12-13-5-9-22-10-6-13/h1-4,7-8,11,13H,5-6,9-10,12H2. The lowest BCUT2D eigenvalue weighted by Gasteiger charge is -2.22. The summed E-state index contributed by atoms with van der Waals surface area (Å²) in [4.78, 5) is 13.6. The third-order valence-electron chi connectivity index (χ3n) is 4.21. The van der Waals surface area contributed by atoms with Crippen LogP contribution in [0, 0.1) is 5.92 Å². The molecule has 3 aromatic rings. The molecule has 0 spiro atoms. The Labute approximate surface area is 134 Å². The predicted molar refractivity (Wildman–Crippen MR) is 90.8 cm³/mol. The van der Waals surface area contributed by atoms with E-state index in [0.29, 0.717) is 0 Å². The molecule has 0 bridgehead atoms. The molecule has 4 nitrogen and oxygen atoms in total. The van der Waals surface area contributed by atoms with Gasteiger partial charge >= 0.3 is 0 Å². The first-order valence-electron chi connectivity index (χ1n) is 7.71. The zero-order valence-corrected chi connectivity index (χ0v) is 13.2. The third kappa shape index (κ3) is 2.61. The first-order valence-corrected chi connectivity index (χ1v) is 8.87. The third-order valence-corrected chi connectivity index (χ3v) is 5.25. The summed E-state index contributed by atoms with van der Waals surface area (Å²) >= 11 is 2.06. The molecule has 1 aliphatic rings. The summed E-state index contributed by atoms with van der Waals surface area (Å²) in [5.41, 5.74) is 3.01. The molecular formula is C17H18N4S. The molecule has 1 aliphatic heterocycles. The van der Waals surface area contributed by atoms with E-state index >= 15 is 0 Å². The summed E-state index contributed by atoms with van der Waals surface area (Å²) in [6.45, 7) is 0.998.